The number of pyridine rings is 1. The Morgan fingerprint density at radius 3 is 2.13 bits per heavy atom. The number of nitrogens with one attached hydrogen (secondary N) is 1. The van der Waals surface area contributed by atoms with E-state index in [0.29, 0.717) is 29.7 Å². The highest BCUT2D eigenvalue weighted by Crippen LogP contribution is 2.57. The van der Waals surface area contributed by atoms with E-state index in [0.717, 1.165) is 19.3 Å². The number of aromatic hydroxyl groups is 3. The molecule has 1 spiro atoms. The quantitative estimate of drug-likeness (QED) is 0.161. The Bertz CT molecular complexity index is 2110. The molecule has 4 aliphatic rings. The van der Waals surface area contributed by atoms with Gasteiger partial charge in [0.15, 0.2) is 23.1 Å². The minimum atomic E-state index is -2.12. The molecule has 1 aliphatic heterocycles. The third-order valence-corrected chi connectivity index (χ3v) is 9.72. The molecule has 1 saturated heterocycles. The summed E-state index contributed by atoms with van der Waals surface area (Å²) in [5.74, 6) is -7.43. The minimum absolute atomic E-state index is 0.0698. The predicted molar refractivity (Wildman–Crippen MR) is 167 cm³/mol. The summed E-state index contributed by atoms with van der Waals surface area (Å²) >= 11 is 0. The number of rotatable bonds is 4. The first-order valence-corrected chi connectivity index (χ1v) is 15.2. The molecule has 3 aromatic rings. The van der Waals surface area contributed by atoms with Gasteiger partial charge in [-0.15, -0.1) is 0 Å². The number of fused-ring (bicyclic) bond motifs is 5. The standard InChI is InChI=1S/C35H30N2O9/c1-2-3-5-8-18-14-17-13-16-9-10-35(25(16)30(42)20(17)34(46)36-18)32(44)23-24(33(35)45)29(41)22-21(28(23)40)26(38)19(27(39)31(22)43)15-37-11-6-4-7-12-37/h2-3,5,8,13-14,39-42H,4,6-7,9-12,15H2,1H3,(H,36,46)/b3-2+,8-5+/t35-/m0/s1. The number of likely N-dealkylation sites (tertiary alicyclic amines) is 1. The third kappa shape index (κ3) is 3.84. The average Bonchev–Trinajstić information content (AvgIpc) is 3.52. The lowest BCUT2D eigenvalue weighted by molar-refractivity contribution is 0.0790. The van der Waals surface area contributed by atoms with Gasteiger partial charge in [0.05, 0.1) is 33.2 Å². The Morgan fingerprint density at radius 2 is 1.48 bits per heavy atom. The van der Waals surface area contributed by atoms with Crippen molar-refractivity contribution in [1.29, 1.82) is 0 Å². The number of hydrogen-bond acceptors (Lipinski definition) is 10. The van der Waals surface area contributed by atoms with Gasteiger partial charge in [-0.2, -0.15) is 0 Å². The van der Waals surface area contributed by atoms with Crippen LogP contribution in [0.1, 0.15) is 90.9 Å². The number of nitrogens with zero attached hydrogens (tertiary/aromatic N) is 1. The van der Waals surface area contributed by atoms with Crippen LogP contribution in [0.3, 0.4) is 0 Å². The van der Waals surface area contributed by atoms with Crippen molar-refractivity contribution < 1.29 is 39.6 Å². The molecular weight excluding hydrogens is 592 g/mol. The number of phenolic OH excluding ortho intramolecular Hbond substituents is 3. The van der Waals surface area contributed by atoms with Crippen LogP contribution in [-0.4, -0.2) is 73.1 Å². The number of benzene rings is 2. The van der Waals surface area contributed by atoms with E-state index in [1.165, 1.54) is 0 Å². The Kier molecular flexibility index (Phi) is 6.64. The van der Waals surface area contributed by atoms with Crippen molar-refractivity contribution in [3.05, 3.63) is 91.1 Å². The summed E-state index contributed by atoms with van der Waals surface area (Å²) in [6.45, 7) is 3.04. The van der Waals surface area contributed by atoms with E-state index in [4.69, 9.17) is 0 Å². The lowest BCUT2D eigenvalue weighted by Gasteiger charge is -2.29. The maximum absolute atomic E-state index is 14.3. The Balaban J connectivity index is 1.38. The number of carbonyl (C=O) groups excluding carboxylic acids is 4. The zero-order chi connectivity index (χ0) is 32.7. The molecule has 0 amide bonds. The highest BCUT2D eigenvalue weighted by atomic mass is 16.3. The zero-order valence-corrected chi connectivity index (χ0v) is 24.9. The van der Waals surface area contributed by atoms with Crippen LogP contribution in [-0.2, 0) is 11.8 Å². The second-order valence-electron chi connectivity index (χ2n) is 12.2. The van der Waals surface area contributed by atoms with Crippen molar-refractivity contribution >= 4 is 40.0 Å². The number of allylic oxidation sites excluding steroid dienone is 4. The summed E-state index contributed by atoms with van der Waals surface area (Å²) in [4.78, 5) is 73.4. The summed E-state index contributed by atoms with van der Waals surface area (Å²) in [5.41, 5.74) is -4.98. The summed E-state index contributed by atoms with van der Waals surface area (Å²) < 4.78 is 0. The molecule has 0 unspecified atom stereocenters. The van der Waals surface area contributed by atoms with Gasteiger partial charge in [-0.3, -0.25) is 28.9 Å². The van der Waals surface area contributed by atoms with E-state index in [-0.39, 0.29) is 35.9 Å². The SMILES string of the molecule is C/C=C/C=C/c1cc2cc3c(c(O)c2c(=O)[nH]1)[C@]1(CC3)C(=O)c2c(O)c3c(c(O)c2C1=O)C(=O)C(CN1CCCCC1)=C(O)C3=O. The van der Waals surface area contributed by atoms with Gasteiger partial charge in [-0.1, -0.05) is 30.7 Å². The van der Waals surface area contributed by atoms with Gasteiger partial charge in [-0.05, 0) is 68.8 Å². The maximum Gasteiger partial charge on any atom is 0.260 e. The number of aromatic nitrogens is 1. The van der Waals surface area contributed by atoms with Crippen molar-refractivity contribution in [3.63, 3.8) is 0 Å². The fourth-order valence-electron chi connectivity index (χ4n) is 7.57. The first-order valence-electron chi connectivity index (χ1n) is 15.2. The number of phenols is 3. The summed E-state index contributed by atoms with van der Waals surface area (Å²) in [6.07, 6.45) is 9.73. The number of Topliss-reactive ketones (excluding diaryl/α,β-unsaturated/α-hetero) is 4. The summed E-state index contributed by atoms with van der Waals surface area (Å²) in [7, 11) is 0. The van der Waals surface area contributed by atoms with Crippen LogP contribution in [0.15, 0.2) is 46.5 Å². The largest absolute Gasteiger partial charge is 0.507 e. The molecule has 1 aromatic heterocycles. The van der Waals surface area contributed by atoms with Crippen LogP contribution in [0.4, 0.5) is 0 Å². The van der Waals surface area contributed by atoms with Gasteiger partial charge in [-0.25, -0.2) is 0 Å². The van der Waals surface area contributed by atoms with Gasteiger partial charge in [0.25, 0.3) is 5.56 Å². The first-order chi connectivity index (χ1) is 22.0. The van der Waals surface area contributed by atoms with E-state index in [1.807, 2.05) is 17.9 Å². The van der Waals surface area contributed by atoms with Crippen LogP contribution >= 0.6 is 0 Å². The second kappa shape index (κ2) is 10.4. The summed E-state index contributed by atoms with van der Waals surface area (Å²) in [6, 6.07) is 3.27. The van der Waals surface area contributed by atoms with Crippen molar-refractivity contribution in [2.24, 2.45) is 0 Å². The predicted octanol–water partition coefficient (Wildman–Crippen LogP) is 4.17. The molecule has 2 heterocycles. The number of aromatic amines is 1. The second-order valence-corrected chi connectivity index (χ2v) is 12.2. The van der Waals surface area contributed by atoms with Crippen LogP contribution in [0.2, 0.25) is 0 Å². The van der Waals surface area contributed by atoms with Crippen LogP contribution in [0.5, 0.6) is 17.2 Å². The smallest absolute Gasteiger partial charge is 0.260 e. The van der Waals surface area contributed by atoms with E-state index in [9.17, 15) is 44.4 Å². The molecule has 11 nitrogen and oxygen atoms in total. The van der Waals surface area contributed by atoms with Gasteiger partial charge < -0.3 is 25.4 Å². The van der Waals surface area contributed by atoms with Crippen molar-refractivity contribution in [3.8, 4) is 17.2 Å². The molecule has 234 valence electrons. The highest BCUT2D eigenvalue weighted by Gasteiger charge is 2.61. The molecule has 5 N–H and O–H groups in total. The normalized spacial score (nSPS) is 21.4. The molecule has 0 saturated carbocycles. The molecule has 11 heteroatoms. The van der Waals surface area contributed by atoms with Crippen LogP contribution < -0.4 is 5.56 Å². The Labute approximate surface area is 261 Å². The van der Waals surface area contributed by atoms with Crippen molar-refractivity contribution in [1.82, 2.24) is 9.88 Å². The number of aliphatic hydroxyl groups excluding tert-OH is 1. The average molecular weight is 623 g/mol. The monoisotopic (exact) mass is 622 g/mol. The number of aliphatic hydroxyl groups is 1. The number of hydrogen-bond donors (Lipinski definition) is 5. The van der Waals surface area contributed by atoms with E-state index >= 15 is 0 Å². The fourth-order valence-corrected chi connectivity index (χ4v) is 7.57. The van der Waals surface area contributed by atoms with Gasteiger partial charge in [0.1, 0.15) is 22.7 Å². The van der Waals surface area contributed by atoms with E-state index in [1.54, 1.807) is 30.4 Å². The van der Waals surface area contributed by atoms with Crippen LogP contribution in [0.25, 0.3) is 16.8 Å². The molecule has 1 fully saturated rings. The molecule has 1 atom stereocenters. The Hall–Kier alpha value is -5.29. The maximum atomic E-state index is 14.3. The number of aryl methyl sites for hydroxylation is 1. The number of piperidine rings is 1. The number of ketones is 4. The molecule has 46 heavy (non-hydrogen) atoms. The van der Waals surface area contributed by atoms with Gasteiger partial charge in [0, 0.05) is 17.8 Å². The zero-order valence-electron chi connectivity index (χ0n) is 24.9. The van der Waals surface area contributed by atoms with Gasteiger partial charge >= 0.3 is 0 Å². The first kappa shape index (κ1) is 29.4. The van der Waals surface area contributed by atoms with Crippen LogP contribution in [0, 0.1) is 0 Å². The third-order valence-electron chi connectivity index (χ3n) is 9.72. The molecule has 7 rings (SSSR count). The number of carbonyl (C=O) groups is 4. The van der Waals surface area contributed by atoms with Gasteiger partial charge in [0.2, 0.25) is 5.78 Å². The highest BCUT2D eigenvalue weighted by molar-refractivity contribution is 6.39. The minimum Gasteiger partial charge on any atom is -0.507 e. The summed E-state index contributed by atoms with van der Waals surface area (Å²) in [5, 5.41) is 45.4. The molecule has 0 radical (unpaired) electrons. The molecular formula is C35H30N2O9. The van der Waals surface area contributed by atoms with E-state index < -0.39 is 79.4 Å². The van der Waals surface area contributed by atoms with Crippen molar-refractivity contribution in [2.75, 3.05) is 19.6 Å². The topological polar surface area (TPSA) is 185 Å². The lowest BCUT2D eigenvalue weighted by Crippen LogP contribution is -2.36. The molecule has 3 aliphatic carbocycles. The Morgan fingerprint density at radius 1 is 0.826 bits per heavy atom. The van der Waals surface area contributed by atoms with E-state index in [2.05, 4.69) is 4.98 Å². The molecule has 2 aromatic carbocycles. The molecule has 0 bridgehead atoms. The van der Waals surface area contributed by atoms with Crippen molar-refractivity contribution in [2.45, 2.75) is 44.4 Å². The number of H-pyrrole nitrogens is 1. The fraction of sp³-hybridized carbons (Fsp3) is 0.286. The lowest BCUT2D eigenvalue weighted by atomic mass is 9.76.